The smallest absolute Gasteiger partial charge is 0.343 e. The van der Waals surface area contributed by atoms with Crippen molar-refractivity contribution in [2.24, 2.45) is 23.7 Å². The van der Waals surface area contributed by atoms with E-state index in [-0.39, 0.29) is 76.3 Å². The van der Waals surface area contributed by atoms with Gasteiger partial charge in [-0.15, -0.1) is 0 Å². The fraction of sp³-hybridized carbons (Fsp3) is 0.739. The summed E-state index contributed by atoms with van der Waals surface area (Å²) in [6.45, 7) is 12.6. The van der Waals surface area contributed by atoms with E-state index < -0.39 is 172 Å². The maximum absolute atomic E-state index is 15.4. The molecule has 4 saturated heterocycles. The van der Waals surface area contributed by atoms with Crippen LogP contribution < -0.4 is 16.0 Å². The normalized spacial score (nSPS) is 27.9. The lowest BCUT2D eigenvalue weighted by molar-refractivity contribution is -0.160. The van der Waals surface area contributed by atoms with Crippen molar-refractivity contribution < 1.29 is 70.7 Å². The molecule has 4 aliphatic heterocycles. The Morgan fingerprint density at radius 3 is 1.87 bits per heavy atom. The Labute approximate surface area is 574 Å². The van der Waals surface area contributed by atoms with Gasteiger partial charge in [0.2, 0.25) is 70.9 Å². The molecule has 2 saturated carbocycles. The lowest BCUT2D eigenvalue weighted by Crippen LogP contribution is -2.65. The molecule has 4 heterocycles. The Hall–Kier alpha value is -7.06. The predicted octanol–water partition coefficient (Wildman–Crippen LogP) is 4.86. The maximum atomic E-state index is 15.4. The van der Waals surface area contributed by atoms with Crippen LogP contribution in [0.2, 0.25) is 5.02 Å². The van der Waals surface area contributed by atoms with Crippen molar-refractivity contribution in [3.8, 4) is 0 Å². The summed E-state index contributed by atoms with van der Waals surface area (Å²) in [6.07, 6.45) is 0.969. The summed E-state index contributed by atoms with van der Waals surface area (Å²) in [5, 5.41) is 8.11. The predicted molar refractivity (Wildman–Crippen MR) is 355 cm³/mol. The fourth-order valence-electron chi connectivity index (χ4n) is 14.4. The standard InChI is InChI=1S/C69H104ClF3N12O12/c1-14-42(6)56-65(95)78(9)43(7)60(90)85-34-28-50(85)63(93)80(11)52(37-45-22-23-45)62(92)77(8)39-54(86)74-48(27-25-44-24-26-46(47(70)36-44)69(71,72)73)61(91)84-33-20-21-49(84)59(89)76-68(29-16-17-30-68)67(97)82(13)57(41(4)5)66(96)81(12)53(64(94)83-31-18-15-19-32-83)38-55(87)79(10)51(35-40(2)3)58(88)75-56/h24,26,36,40-43,45,48-53,56-57H,14-23,25,27-35,37-39H2,1-13H3,(H,74,86)(H,75,88)(H,76,89)/t42-,43-,48-,49-,50-,51-,52-,53-,56-,57-/m0/s1. The maximum Gasteiger partial charge on any atom is 0.417 e. The minimum atomic E-state index is -4.76. The first-order valence-electron chi connectivity index (χ1n) is 34.8. The van der Waals surface area contributed by atoms with Crippen LogP contribution in [0.15, 0.2) is 18.2 Å². The number of likely N-dealkylation sites (tertiary alicyclic amines) is 1. The van der Waals surface area contributed by atoms with Gasteiger partial charge in [0, 0.05) is 68.5 Å². The van der Waals surface area contributed by atoms with Crippen LogP contribution in [-0.2, 0) is 70.1 Å². The molecule has 6 aliphatic rings. The molecule has 0 radical (unpaired) electrons. The topological polar surface area (TPSA) is 270 Å². The van der Waals surface area contributed by atoms with Crippen molar-refractivity contribution in [2.75, 3.05) is 75.0 Å². The van der Waals surface area contributed by atoms with Gasteiger partial charge in [-0.1, -0.05) is 91.3 Å². The van der Waals surface area contributed by atoms with Gasteiger partial charge in [0.05, 0.1) is 23.6 Å². The Kier molecular flexibility index (Phi) is 26.1. The highest BCUT2D eigenvalue weighted by Crippen LogP contribution is 2.38. The molecular formula is C69H104ClF3N12O12. The number of hydrogen-bond acceptors (Lipinski definition) is 12. The van der Waals surface area contributed by atoms with E-state index in [1.54, 1.807) is 25.7 Å². The van der Waals surface area contributed by atoms with Crippen LogP contribution in [0.5, 0.6) is 0 Å². The van der Waals surface area contributed by atoms with Crippen LogP contribution in [0.3, 0.4) is 0 Å². The number of likely N-dealkylation sites (N-methyl/N-ethyl adjacent to an activating group) is 6. The molecule has 6 fully saturated rings. The number of aryl methyl sites for hydroxylation is 1. The fourth-order valence-corrected chi connectivity index (χ4v) is 14.8. The molecule has 1 aromatic rings. The van der Waals surface area contributed by atoms with E-state index in [0.29, 0.717) is 57.2 Å². The number of nitrogens with one attached hydrogen (secondary N) is 3. The van der Waals surface area contributed by atoms with Crippen molar-refractivity contribution in [1.29, 1.82) is 0 Å². The summed E-state index contributed by atoms with van der Waals surface area (Å²) in [7, 11) is 8.54. The van der Waals surface area contributed by atoms with Crippen LogP contribution in [0.4, 0.5) is 13.2 Å². The van der Waals surface area contributed by atoms with Gasteiger partial charge in [0.15, 0.2) is 0 Å². The zero-order valence-corrected chi connectivity index (χ0v) is 59.7. The molecule has 24 nitrogen and oxygen atoms in total. The molecule has 3 N–H and O–H groups in total. The molecule has 0 aromatic heterocycles. The van der Waals surface area contributed by atoms with E-state index in [4.69, 9.17) is 11.6 Å². The number of rotatable bonds is 11. The second-order valence-electron chi connectivity index (χ2n) is 28.9. The summed E-state index contributed by atoms with van der Waals surface area (Å²) in [5.74, 6) is -8.88. The third kappa shape index (κ3) is 18.1. The second-order valence-corrected chi connectivity index (χ2v) is 29.3. The first kappa shape index (κ1) is 77.3. The third-order valence-electron chi connectivity index (χ3n) is 21.1. The molecule has 12 amide bonds. The number of carbonyl (C=O) groups is 12. The minimum absolute atomic E-state index is 0.0335. The van der Waals surface area contributed by atoms with Gasteiger partial charge in [-0.05, 0) is 125 Å². The van der Waals surface area contributed by atoms with Crippen molar-refractivity contribution in [1.82, 2.24) is 60.0 Å². The molecule has 2 aliphatic carbocycles. The Bertz CT molecular complexity index is 3100. The van der Waals surface area contributed by atoms with Crippen molar-refractivity contribution >= 4 is 82.5 Å². The molecule has 10 atom stereocenters. The molecular weight excluding hydrogens is 1280 g/mol. The number of benzene rings is 1. The Balaban J connectivity index is 1.27. The lowest BCUT2D eigenvalue weighted by Gasteiger charge is -2.45. The first-order chi connectivity index (χ1) is 45.5. The zero-order valence-electron chi connectivity index (χ0n) is 58.9. The average molecular weight is 1390 g/mol. The van der Waals surface area contributed by atoms with Crippen molar-refractivity contribution in [3.05, 3.63) is 34.3 Å². The first-order valence-corrected chi connectivity index (χ1v) is 35.2. The highest BCUT2D eigenvalue weighted by atomic mass is 35.5. The summed E-state index contributed by atoms with van der Waals surface area (Å²) >= 11 is 6.13. The van der Waals surface area contributed by atoms with Crippen LogP contribution >= 0.6 is 11.6 Å². The number of piperidine rings is 1. The van der Waals surface area contributed by atoms with Gasteiger partial charge in [0.25, 0.3) is 0 Å². The van der Waals surface area contributed by atoms with Gasteiger partial charge in [-0.3, -0.25) is 57.5 Å². The van der Waals surface area contributed by atoms with Crippen LogP contribution in [0, 0.1) is 23.7 Å². The number of carbonyl (C=O) groups excluding carboxylic acids is 12. The highest BCUT2D eigenvalue weighted by molar-refractivity contribution is 6.31. The van der Waals surface area contributed by atoms with Crippen molar-refractivity contribution in [2.45, 2.75) is 230 Å². The highest BCUT2D eigenvalue weighted by Gasteiger charge is 2.52. The van der Waals surface area contributed by atoms with Crippen molar-refractivity contribution in [3.63, 3.8) is 0 Å². The van der Waals surface area contributed by atoms with Crippen LogP contribution in [-0.4, -0.2) is 250 Å². The summed E-state index contributed by atoms with van der Waals surface area (Å²) in [6, 6.07) is -7.82. The Morgan fingerprint density at radius 2 is 1.30 bits per heavy atom. The number of alkyl halides is 3. The number of halogens is 4. The van der Waals surface area contributed by atoms with Gasteiger partial charge in [0.1, 0.15) is 59.9 Å². The molecule has 540 valence electrons. The lowest BCUT2D eigenvalue weighted by atomic mass is 9.91. The summed E-state index contributed by atoms with van der Waals surface area (Å²) in [4.78, 5) is 190. The molecule has 0 bridgehead atoms. The van der Waals surface area contributed by atoms with E-state index in [9.17, 15) is 56.3 Å². The van der Waals surface area contributed by atoms with E-state index >= 15 is 14.4 Å². The monoisotopic (exact) mass is 1380 g/mol. The largest absolute Gasteiger partial charge is 0.417 e. The molecule has 7 rings (SSSR count). The minimum Gasteiger partial charge on any atom is -0.343 e. The summed E-state index contributed by atoms with van der Waals surface area (Å²) < 4.78 is 41.5. The number of hydrogen-bond donors (Lipinski definition) is 3. The summed E-state index contributed by atoms with van der Waals surface area (Å²) in [5.41, 5.74) is -2.35. The average Bonchev–Trinajstić information content (AvgIpc) is 1.77. The van der Waals surface area contributed by atoms with E-state index in [2.05, 4.69) is 16.0 Å². The molecule has 97 heavy (non-hydrogen) atoms. The van der Waals surface area contributed by atoms with Gasteiger partial charge in [-0.25, -0.2) is 0 Å². The molecule has 1 spiro atoms. The van der Waals surface area contributed by atoms with E-state index in [1.165, 1.54) is 89.6 Å². The number of nitrogens with zero attached hydrogens (tertiary/aromatic N) is 9. The van der Waals surface area contributed by atoms with Crippen LogP contribution in [0.25, 0.3) is 0 Å². The number of amides is 12. The third-order valence-corrected chi connectivity index (χ3v) is 21.5. The molecule has 1 aromatic carbocycles. The van der Waals surface area contributed by atoms with Crippen LogP contribution in [0.1, 0.15) is 169 Å². The Morgan fingerprint density at radius 1 is 0.660 bits per heavy atom. The van der Waals surface area contributed by atoms with Gasteiger partial charge < -0.3 is 60.0 Å². The van der Waals surface area contributed by atoms with E-state index in [0.717, 1.165) is 36.3 Å². The quantitative estimate of drug-likeness (QED) is 0.268. The zero-order chi connectivity index (χ0) is 71.9. The second kappa shape index (κ2) is 32.7. The number of fused-ring (bicyclic) bond motifs is 2. The van der Waals surface area contributed by atoms with Gasteiger partial charge in [-0.2, -0.15) is 13.2 Å². The van der Waals surface area contributed by atoms with E-state index in [1.807, 2.05) is 20.8 Å². The SMILES string of the molecule is CC[C@H](C)[C@@H]1NC(=O)[C@H](CC(C)C)N(C)C(=O)C[C@@H](C(=O)N2CCCCC2)N(C)C(=O)[C@H](C(C)C)N(C)C(=O)C2(CCCC2)NC(=O)[C@@H]2CCCN2C(=O)[C@H](CCc2ccc(C(F)(F)F)c(Cl)c2)NC(=O)CN(C)C(=O)[C@H](CC2CC2)N(C)C(=O)[C@@H]2CCN2C(=O)[C@H](C)N(C)C1=O. The molecule has 28 heteroatoms. The molecule has 0 unspecified atom stereocenters. The van der Waals surface area contributed by atoms with Gasteiger partial charge >= 0.3 is 6.18 Å².